The highest BCUT2D eigenvalue weighted by atomic mass is 32.1. The first-order valence-electron chi connectivity index (χ1n) is 6.69. The summed E-state index contributed by atoms with van der Waals surface area (Å²) in [7, 11) is 0. The van der Waals surface area contributed by atoms with Crippen molar-refractivity contribution in [2.24, 2.45) is 0 Å². The molecule has 1 amide bonds. The maximum atomic E-state index is 12.1. The molecule has 3 aromatic rings. The minimum Gasteiger partial charge on any atom is -0.296 e. The largest absolute Gasteiger partial charge is 0.296 e. The zero-order valence-electron chi connectivity index (χ0n) is 11.7. The van der Waals surface area contributed by atoms with Crippen LogP contribution >= 0.6 is 11.3 Å². The first-order valence-corrected chi connectivity index (χ1v) is 7.51. The van der Waals surface area contributed by atoms with E-state index >= 15 is 0 Å². The number of amides is 1. The fourth-order valence-corrected chi connectivity index (χ4v) is 2.66. The number of rotatable bonds is 4. The quantitative estimate of drug-likeness (QED) is 0.789. The summed E-state index contributed by atoms with van der Waals surface area (Å²) in [5.74, 6) is -0.190. The second-order valence-electron chi connectivity index (χ2n) is 4.56. The Labute approximate surface area is 132 Å². The van der Waals surface area contributed by atoms with Crippen LogP contribution in [0, 0.1) is 0 Å². The summed E-state index contributed by atoms with van der Waals surface area (Å²) in [6.45, 7) is 3.73. The Kier molecular flexibility index (Phi) is 4.07. The number of aromatic nitrogens is 2. The molecule has 5 heteroatoms. The van der Waals surface area contributed by atoms with Crippen LogP contribution < -0.4 is 5.32 Å². The zero-order valence-corrected chi connectivity index (χ0v) is 12.5. The molecular weight excluding hydrogens is 294 g/mol. The maximum absolute atomic E-state index is 12.1. The molecular formula is C17H13N3OS. The zero-order chi connectivity index (χ0) is 15.4. The van der Waals surface area contributed by atoms with Crippen molar-refractivity contribution in [2.45, 2.75) is 0 Å². The van der Waals surface area contributed by atoms with Crippen LogP contribution in [0.5, 0.6) is 0 Å². The molecule has 2 aromatic carbocycles. The van der Waals surface area contributed by atoms with Crippen molar-refractivity contribution < 1.29 is 4.79 Å². The van der Waals surface area contributed by atoms with Gasteiger partial charge in [-0.3, -0.25) is 10.1 Å². The Hall–Kier alpha value is -2.79. The fraction of sp³-hybridized carbons (Fsp3) is 0. The molecule has 4 nitrogen and oxygen atoms in total. The van der Waals surface area contributed by atoms with Crippen LogP contribution in [0.2, 0.25) is 0 Å². The van der Waals surface area contributed by atoms with Gasteiger partial charge in [-0.25, -0.2) is 0 Å². The van der Waals surface area contributed by atoms with Gasteiger partial charge >= 0.3 is 0 Å². The predicted molar refractivity (Wildman–Crippen MR) is 89.8 cm³/mol. The lowest BCUT2D eigenvalue weighted by Crippen LogP contribution is -2.11. The highest BCUT2D eigenvalue weighted by Crippen LogP contribution is 2.26. The summed E-state index contributed by atoms with van der Waals surface area (Å²) in [6.07, 6.45) is 1.79. The van der Waals surface area contributed by atoms with E-state index in [0.717, 1.165) is 16.1 Å². The van der Waals surface area contributed by atoms with Gasteiger partial charge in [-0.1, -0.05) is 66.5 Å². The number of hydrogen-bond acceptors (Lipinski definition) is 4. The number of hydrogen-bond donors (Lipinski definition) is 1. The third-order valence-electron chi connectivity index (χ3n) is 3.07. The van der Waals surface area contributed by atoms with Gasteiger partial charge in [0, 0.05) is 11.1 Å². The fourth-order valence-electron chi connectivity index (χ4n) is 1.91. The summed E-state index contributed by atoms with van der Waals surface area (Å²) in [5.41, 5.74) is 2.60. The third kappa shape index (κ3) is 3.10. The monoisotopic (exact) mass is 307 g/mol. The van der Waals surface area contributed by atoms with Gasteiger partial charge in [0.15, 0.2) is 0 Å². The molecule has 0 saturated heterocycles. The van der Waals surface area contributed by atoms with Crippen molar-refractivity contribution in [3.8, 4) is 10.6 Å². The molecule has 0 bridgehead atoms. The molecule has 0 aliphatic rings. The number of carbonyl (C=O) groups is 1. The Bertz CT molecular complexity index is 794. The van der Waals surface area contributed by atoms with Crippen molar-refractivity contribution in [3.05, 3.63) is 72.3 Å². The molecule has 0 radical (unpaired) electrons. The number of nitrogens with one attached hydrogen (secondary N) is 1. The van der Waals surface area contributed by atoms with Crippen LogP contribution in [0.15, 0.2) is 61.2 Å². The summed E-state index contributed by atoms with van der Waals surface area (Å²) < 4.78 is 0. The van der Waals surface area contributed by atoms with Crippen LogP contribution in [0.1, 0.15) is 15.9 Å². The molecule has 0 saturated carbocycles. The number of carbonyl (C=O) groups excluding carboxylic acids is 1. The highest BCUT2D eigenvalue weighted by Gasteiger charge is 2.10. The van der Waals surface area contributed by atoms with Crippen molar-refractivity contribution >= 4 is 28.5 Å². The van der Waals surface area contributed by atoms with Crippen molar-refractivity contribution in [2.75, 3.05) is 5.32 Å². The van der Waals surface area contributed by atoms with Crippen molar-refractivity contribution in [1.82, 2.24) is 10.2 Å². The second kappa shape index (κ2) is 6.32. The van der Waals surface area contributed by atoms with Gasteiger partial charge in [-0.2, -0.15) is 0 Å². The van der Waals surface area contributed by atoms with Gasteiger partial charge in [0.05, 0.1) is 0 Å². The van der Waals surface area contributed by atoms with E-state index in [9.17, 15) is 4.79 Å². The molecule has 108 valence electrons. The lowest BCUT2D eigenvalue weighted by atomic mass is 10.1. The first kappa shape index (κ1) is 14.2. The molecule has 22 heavy (non-hydrogen) atoms. The van der Waals surface area contributed by atoms with Gasteiger partial charge in [0.1, 0.15) is 5.01 Å². The predicted octanol–water partition coefficient (Wildman–Crippen LogP) is 4.10. The molecule has 0 unspecified atom stereocenters. The van der Waals surface area contributed by atoms with Crippen LogP contribution in [0.3, 0.4) is 0 Å². The third-order valence-corrected chi connectivity index (χ3v) is 3.96. The molecule has 0 atom stereocenters. The van der Waals surface area contributed by atoms with E-state index in [2.05, 4.69) is 22.1 Å². The maximum Gasteiger partial charge on any atom is 0.257 e. The Morgan fingerprint density at radius 1 is 1.05 bits per heavy atom. The van der Waals surface area contributed by atoms with E-state index in [0.29, 0.717) is 10.7 Å². The van der Waals surface area contributed by atoms with E-state index in [1.807, 2.05) is 42.5 Å². The first-order chi connectivity index (χ1) is 10.8. The van der Waals surface area contributed by atoms with Crippen LogP contribution in [-0.4, -0.2) is 16.1 Å². The summed E-state index contributed by atoms with van der Waals surface area (Å²) in [4.78, 5) is 12.1. The number of nitrogens with zero attached hydrogens (tertiary/aromatic N) is 2. The average Bonchev–Trinajstić information content (AvgIpc) is 3.04. The lowest BCUT2D eigenvalue weighted by molar-refractivity contribution is 0.102. The van der Waals surface area contributed by atoms with Crippen LogP contribution in [-0.2, 0) is 0 Å². The van der Waals surface area contributed by atoms with Gasteiger partial charge in [-0.15, -0.1) is 10.2 Å². The van der Waals surface area contributed by atoms with E-state index < -0.39 is 0 Å². The molecule has 1 aromatic heterocycles. The van der Waals surface area contributed by atoms with Gasteiger partial charge in [-0.05, 0) is 17.7 Å². The van der Waals surface area contributed by atoms with Crippen LogP contribution in [0.4, 0.5) is 5.13 Å². The van der Waals surface area contributed by atoms with Gasteiger partial charge in [0.25, 0.3) is 5.91 Å². The van der Waals surface area contributed by atoms with Crippen molar-refractivity contribution in [1.29, 1.82) is 0 Å². The average molecular weight is 307 g/mol. The molecule has 3 rings (SSSR count). The van der Waals surface area contributed by atoms with Crippen molar-refractivity contribution in [3.63, 3.8) is 0 Å². The number of anilines is 1. The molecule has 1 N–H and O–H groups in total. The normalized spacial score (nSPS) is 10.2. The SMILES string of the molecule is C=Cc1ccc(-c2nnc(NC(=O)c3ccccc3)s2)cc1. The Balaban J connectivity index is 1.76. The van der Waals surface area contributed by atoms with E-state index in [4.69, 9.17) is 0 Å². The molecule has 1 heterocycles. The Morgan fingerprint density at radius 2 is 1.77 bits per heavy atom. The number of benzene rings is 2. The summed E-state index contributed by atoms with van der Waals surface area (Å²) in [5, 5.41) is 12.1. The van der Waals surface area contributed by atoms with Gasteiger partial charge < -0.3 is 0 Å². The summed E-state index contributed by atoms with van der Waals surface area (Å²) in [6, 6.07) is 16.9. The minimum absolute atomic E-state index is 0.190. The molecule has 0 aliphatic heterocycles. The molecule has 0 aliphatic carbocycles. The topological polar surface area (TPSA) is 54.9 Å². The Morgan fingerprint density at radius 3 is 2.45 bits per heavy atom. The lowest BCUT2D eigenvalue weighted by Gasteiger charge is -1.99. The second-order valence-corrected chi connectivity index (χ2v) is 5.54. The standard InChI is InChI=1S/C17H13N3OS/c1-2-12-8-10-14(11-9-12)16-19-20-17(22-16)18-15(21)13-6-4-3-5-7-13/h2-11H,1H2,(H,18,20,21). The molecule has 0 fully saturated rings. The summed E-state index contributed by atoms with van der Waals surface area (Å²) >= 11 is 1.34. The molecule has 0 spiro atoms. The van der Waals surface area contributed by atoms with Crippen LogP contribution in [0.25, 0.3) is 16.6 Å². The van der Waals surface area contributed by atoms with E-state index in [-0.39, 0.29) is 5.91 Å². The van der Waals surface area contributed by atoms with E-state index in [1.54, 1.807) is 18.2 Å². The van der Waals surface area contributed by atoms with Gasteiger partial charge in [0.2, 0.25) is 5.13 Å². The minimum atomic E-state index is -0.190. The highest BCUT2D eigenvalue weighted by molar-refractivity contribution is 7.18. The van der Waals surface area contributed by atoms with E-state index in [1.165, 1.54) is 11.3 Å². The smallest absolute Gasteiger partial charge is 0.257 e.